The summed E-state index contributed by atoms with van der Waals surface area (Å²) >= 11 is -2.74. The van der Waals surface area contributed by atoms with Gasteiger partial charge in [0.15, 0.2) is 22.5 Å². The van der Waals surface area contributed by atoms with E-state index in [2.05, 4.69) is 31.6 Å². The zero-order valence-electron chi connectivity index (χ0n) is 26.9. The number of fused-ring (bicyclic) bond motifs is 2. The number of hydrogen-bond acceptors (Lipinski definition) is 11. The highest BCUT2D eigenvalue weighted by atomic mass is 32.2. The maximum Gasteiger partial charge on any atom is 0.182 e. The summed E-state index contributed by atoms with van der Waals surface area (Å²) in [7, 11) is 0. The van der Waals surface area contributed by atoms with Crippen molar-refractivity contribution in [2.24, 2.45) is 5.41 Å². The average molecular weight is 655 g/mol. The van der Waals surface area contributed by atoms with Gasteiger partial charge in [-0.15, -0.1) is 4.72 Å². The number of ether oxygens (including phenoxy) is 1. The molecule has 2 saturated heterocycles. The zero-order valence-corrected chi connectivity index (χ0v) is 28.6. The third-order valence-electron chi connectivity index (χ3n) is 8.56. The summed E-state index contributed by atoms with van der Waals surface area (Å²) in [6.45, 7) is 15.7. The standard InChI is InChI=1S/C31H42N8O4S2/c1-20-26(37-44(40)29(2,3)4)31(19-42-20)10-14-38(15-11-31)27-25(18-43-45(41)30(5,6)7)36-28-24(35-27)17-34-39(28)21-8-9-22-23(16-21)33-13-12-32-22/h8-9,12-13,16-17,20,26,37H,10-11,14-15,18-19H2,1-7H3/t20-,26+,44?,45?/m0/s1. The topological polar surface area (TPSA) is 143 Å². The molecule has 242 valence electrons. The number of piperidine rings is 1. The monoisotopic (exact) mass is 654 g/mol. The Morgan fingerprint density at radius 2 is 1.80 bits per heavy atom. The van der Waals surface area contributed by atoms with Gasteiger partial charge < -0.3 is 14.2 Å². The van der Waals surface area contributed by atoms with Gasteiger partial charge in [-0.1, -0.05) is 0 Å². The molecule has 0 amide bonds. The molecule has 14 heteroatoms. The molecular weight excluding hydrogens is 613 g/mol. The molecule has 2 aliphatic heterocycles. The quantitative estimate of drug-likeness (QED) is 0.287. The highest BCUT2D eigenvalue weighted by molar-refractivity contribution is 7.90. The second kappa shape index (κ2) is 12.1. The van der Waals surface area contributed by atoms with Gasteiger partial charge in [-0.2, -0.15) is 5.10 Å². The van der Waals surface area contributed by atoms with Crippen LogP contribution in [0.5, 0.6) is 0 Å². The number of hydrogen-bond donors (Lipinski definition) is 1. The predicted molar refractivity (Wildman–Crippen MR) is 177 cm³/mol. The molecule has 4 atom stereocenters. The Labute approximate surface area is 269 Å². The van der Waals surface area contributed by atoms with Crippen LogP contribution in [0.2, 0.25) is 0 Å². The molecule has 1 aromatic carbocycles. The van der Waals surface area contributed by atoms with Gasteiger partial charge >= 0.3 is 0 Å². The molecule has 2 unspecified atom stereocenters. The average Bonchev–Trinajstić information content (AvgIpc) is 3.55. The molecule has 1 spiro atoms. The Bertz CT molecular complexity index is 1710. The Morgan fingerprint density at radius 1 is 1.09 bits per heavy atom. The van der Waals surface area contributed by atoms with Gasteiger partial charge in [0.1, 0.15) is 22.6 Å². The van der Waals surface area contributed by atoms with E-state index in [1.54, 1.807) is 23.3 Å². The van der Waals surface area contributed by atoms with Crippen LogP contribution < -0.4 is 9.62 Å². The third kappa shape index (κ3) is 6.45. The number of aromatic nitrogens is 6. The van der Waals surface area contributed by atoms with Gasteiger partial charge in [0.25, 0.3) is 0 Å². The Hall–Kier alpha value is -2.75. The third-order valence-corrected chi connectivity index (χ3v) is 11.5. The van der Waals surface area contributed by atoms with E-state index in [9.17, 15) is 8.76 Å². The van der Waals surface area contributed by atoms with Crippen LogP contribution in [0, 0.1) is 5.41 Å². The van der Waals surface area contributed by atoms with E-state index in [4.69, 9.17) is 18.9 Å². The molecule has 4 aromatic rings. The van der Waals surface area contributed by atoms with E-state index in [-0.39, 0.29) is 28.9 Å². The molecule has 0 saturated carbocycles. The SMILES string of the molecule is C[C@@H]1OCC2(CCN(c3nc4cnn(-c5ccc6nccnc6c5)c4nc3COS(=O)C(C)(C)C)CC2)[C@@H]1N[S+]([O-])C(C)(C)C. The number of nitrogens with zero attached hydrogens (tertiary/aromatic N) is 7. The van der Waals surface area contributed by atoms with Crippen LogP contribution in [-0.4, -0.2) is 79.8 Å². The van der Waals surface area contributed by atoms with Gasteiger partial charge in [-0.05, 0) is 79.5 Å². The van der Waals surface area contributed by atoms with E-state index in [1.807, 2.05) is 59.7 Å². The number of rotatable bonds is 7. The van der Waals surface area contributed by atoms with Crippen molar-refractivity contribution < 1.29 is 17.7 Å². The van der Waals surface area contributed by atoms with Crippen molar-refractivity contribution in [2.45, 2.75) is 89.6 Å². The van der Waals surface area contributed by atoms with Crippen molar-refractivity contribution in [3.63, 3.8) is 0 Å². The lowest BCUT2D eigenvalue weighted by Gasteiger charge is -2.43. The summed E-state index contributed by atoms with van der Waals surface area (Å²) in [4.78, 5) is 21.1. The largest absolute Gasteiger partial charge is 0.598 e. The highest BCUT2D eigenvalue weighted by Crippen LogP contribution is 2.44. The van der Waals surface area contributed by atoms with Gasteiger partial charge in [-0.3, -0.25) is 14.2 Å². The highest BCUT2D eigenvalue weighted by Gasteiger charge is 2.52. The van der Waals surface area contributed by atoms with Crippen LogP contribution in [0.3, 0.4) is 0 Å². The van der Waals surface area contributed by atoms with Crippen LogP contribution in [0.25, 0.3) is 27.9 Å². The first-order valence-corrected chi connectivity index (χ1v) is 17.5. The molecular formula is C31H42N8O4S2. The van der Waals surface area contributed by atoms with Crippen molar-refractivity contribution in [1.29, 1.82) is 0 Å². The fourth-order valence-electron chi connectivity index (χ4n) is 5.90. The summed E-state index contributed by atoms with van der Waals surface area (Å²) < 4.78 is 42.2. The molecule has 5 heterocycles. The molecule has 6 rings (SSSR count). The molecule has 3 aromatic heterocycles. The minimum Gasteiger partial charge on any atom is -0.598 e. The van der Waals surface area contributed by atoms with Gasteiger partial charge in [0.2, 0.25) is 0 Å². The van der Waals surface area contributed by atoms with E-state index in [1.165, 1.54) is 0 Å². The molecule has 0 aliphatic carbocycles. The zero-order chi connectivity index (χ0) is 32.1. The van der Waals surface area contributed by atoms with Gasteiger partial charge in [-0.25, -0.2) is 18.9 Å². The van der Waals surface area contributed by atoms with Crippen LogP contribution in [-0.2, 0) is 38.0 Å². The first kappa shape index (κ1) is 32.2. The van der Waals surface area contributed by atoms with E-state index < -0.39 is 27.2 Å². The van der Waals surface area contributed by atoms with Crippen LogP contribution >= 0.6 is 0 Å². The molecule has 0 radical (unpaired) electrons. The minimum atomic E-state index is -1.54. The molecule has 12 nitrogen and oxygen atoms in total. The Balaban J connectivity index is 1.31. The fourth-order valence-corrected chi connectivity index (χ4v) is 7.49. The Morgan fingerprint density at radius 3 is 2.49 bits per heavy atom. The van der Waals surface area contributed by atoms with E-state index in [0.717, 1.165) is 29.6 Å². The summed E-state index contributed by atoms with van der Waals surface area (Å²) in [5, 5.41) is 4.63. The summed E-state index contributed by atoms with van der Waals surface area (Å²) in [5.74, 6) is 0.696. The second-order valence-electron chi connectivity index (χ2n) is 13.9. The first-order valence-electron chi connectivity index (χ1n) is 15.3. The lowest BCUT2D eigenvalue weighted by atomic mass is 9.73. The van der Waals surface area contributed by atoms with Crippen molar-refractivity contribution in [3.05, 3.63) is 42.5 Å². The number of anilines is 1. The normalized spacial score (nSPS) is 22.0. The van der Waals surface area contributed by atoms with E-state index in [0.29, 0.717) is 42.4 Å². The van der Waals surface area contributed by atoms with Gasteiger partial charge in [0, 0.05) is 42.3 Å². The maximum atomic E-state index is 13.1. The predicted octanol–water partition coefficient (Wildman–Crippen LogP) is 4.16. The summed E-state index contributed by atoms with van der Waals surface area (Å²) in [5.41, 5.74) is 3.99. The fraction of sp³-hybridized carbons (Fsp3) is 0.581. The molecule has 1 N–H and O–H groups in total. The van der Waals surface area contributed by atoms with Crippen molar-refractivity contribution in [1.82, 2.24) is 34.4 Å². The number of nitrogens with one attached hydrogen (secondary N) is 1. The van der Waals surface area contributed by atoms with Crippen LogP contribution in [0.4, 0.5) is 5.82 Å². The van der Waals surface area contributed by atoms with Crippen molar-refractivity contribution in [2.75, 3.05) is 24.6 Å². The Kier molecular flexibility index (Phi) is 8.67. The van der Waals surface area contributed by atoms with Crippen molar-refractivity contribution >= 4 is 50.5 Å². The summed E-state index contributed by atoms with van der Waals surface area (Å²) in [6.07, 6.45) is 6.67. The molecule has 2 fully saturated rings. The second-order valence-corrected chi connectivity index (χ2v) is 17.9. The maximum absolute atomic E-state index is 13.1. The van der Waals surface area contributed by atoms with Crippen LogP contribution in [0.1, 0.15) is 67.0 Å². The molecule has 2 aliphatic rings. The van der Waals surface area contributed by atoms with Crippen molar-refractivity contribution in [3.8, 4) is 5.69 Å². The lowest BCUT2D eigenvalue weighted by molar-refractivity contribution is 0.0973. The molecule has 0 bridgehead atoms. The minimum absolute atomic E-state index is 0.0184. The summed E-state index contributed by atoms with van der Waals surface area (Å²) in [6, 6.07) is 5.73. The number of benzene rings is 1. The van der Waals surface area contributed by atoms with E-state index >= 15 is 0 Å². The van der Waals surface area contributed by atoms with Crippen LogP contribution in [0.15, 0.2) is 36.8 Å². The first-order chi connectivity index (χ1) is 21.2. The van der Waals surface area contributed by atoms with Gasteiger partial charge in [0.05, 0.1) is 46.4 Å². The smallest absolute Gasteiger partial charge is 0.182 e. The lowest BCUT2D eigenvalue weighted by Crippen LogP contribution is -2.56. The molecule has 45 heavy (non-hydrogen) atoms.